The molecule has 3 aliphatic rings. The van der Waals surface area contributed by atoms with E-state index < -0.39 is 0 Å². The molecule has 3 fully saturated rings. The van der Waals surface area contributed by atoms with Crippen molar-refractivity contribution >= 4 is 5.91 Å². The van der Waals surface area contributed by atoms with Gasteiger partial charge in [-0.1, -0.05) is 0 Å². The molecule has 5 nitrogen and oxygen atoms in total. The second kappa shape index (κ2) is 7.56. The van der Waals surface area contributed by atoms with Crippen LogP contribution < -0.4 is 10.6 Å². The molecule has 3 aliphatic heterocycles. The zero-order valence-corrected chi connectivity index (χ0v) is 13.1. The van der Waals surface area contributed by atoms with E-state index in [0.29, 0.717) is 18.5 Å². The lowest BCUT2D eigenvalue weighted by Gasteiger charge is -2.41. The fourth-order valence-corrected chi connectivity index (χ4v) is 3.97. The van der Waals surface area contributed by atoms with Crippen molar-refractivity contribution < 1.29 is 4.79 Å². The summed E-state index contributed by atoms with van der Waals surface area (Å²) in [5, 5.41) is 6.80. The molecular weight excluding hydrogens is 264 g/mol. The molecule has 0 aromatic rings. The number of carbonyl (C=O) groups excluding carboxylic acids is 1. The number of nitrogens with one attached hydrogen (secondary N) is 2. The molecule has 0 aliphatic carbocycles. The van der Waals surface area contributed by atoms with Crippen molar-refractivity contribution in [1.82, 2.24) is 20.4 Å². The molecule has 3 saturated heterocycles. The molecule has 2 N–H and O–H groups in total. The Kier molecular flexibility index (Phi) is 5.49. The van der Waals surface area contributed by atoms with Gasteiger partial charge in [-0.25, -0.2) is 0 Å². The Balaban J connectivity index is 1.41. The molecule has 1 amide bonds. The Labute approximate surface area is 128 Å². The van der Waals surface area contributed by atoms with Crippen molar-refractivity contribution in [2.45, 2.75) is 38.1 Å². The van der Waals surface area contributed by atoms with E-state index in [2.05, 4.69) is 20.4 Å². The highest BCUT2D eigenvalue weighted by Crippen LogP contribution is 2.19. The summed E-state index contributed by atoms with van der Waals surface area (Å²) in [5.74, 6) is 1.22. The molecule has 0 atom stereocenters. The summed E-state index contributed by atoms with van der Waals surface area (Å²) >= 11 is 0. The first kappa shape index (κ1) is 15.3. The minimum absolute atomic E-state index is 0.360. The minimum atomic E-state index is 0.360. The van der Waals surface area contributed by atoms with Crippen LogP contribution in [0.1, 0.15) is 32.1 Å². The zero-order chi connectivity index (χ0) is 14.5. The molecule has 3 rings (SSSR count). The lowest BCUT2D eigenvalue weighted by molar-refractivity contribution is -0.139. The van der Waals surface area contributed by atoms with Gasteiger partial charge in [0.1, 0.15) is 0 Å². The van der Waals surface area contributed by atoms with Crippen LogP contribution in [-0.2, 0) is 4.79 Å². The van der Waals surface area contributed by atoms with Crippen LogP contribution in [0.3, 0.4) is 0 Å². The average Bonchev–Trinajstić information content (AvgIpc) is 2.55. The third-order valence-electron chi connectivity index (χ3n) is 5.40. The summed E-state index contributed by atoms with van der Waals surface area (Å²) < 4.78 is 0. The molecule has 0 aromatic heterocycles. The second-order valence-electron chi connectivity index (χ2n) is 6.83. The van der Waals surface area contributed by atoms with E-state index in [1.54, 1.807) is 0 Å². The molecule has 0 aromatic carbocycles. The number of piperidine rings is 2. The molecule has 5 heteroatoms. The Bertz CT molecular complexity index is 337. The van der Waals surface area contributed by atoms with E-state index in [9.17, 15) is 4.79 Å². The highest BCUT2D eigenvalue weighted by atomic mass is 16.2. The minimum Gasteiger partial charge on any atom is -0.337 e. The predicted octanol–water partition coefficient (Wildman–Crippen LogP) is 0.272. The van der Waals surface area contributed by atoms with Gasteiger partial charge in [-0.2, -0.15) is 0 Å². The van der Waals surface area contributed by atoms with E-state index in [1.807, 2.05) is 0 Å². The monoisotopic (exact) mass is 294 g/mol. The average molecular weight is 294 g/mol. The van der Waals surface area contributed by atoms with Crippen molar-refractivity contribution in [3.63, 3.8) is 0 Å². The Morgan fingerprint density at radius 2 is 1.62 bits per heavy atom. The van der Waals surface area contributed by atoms with Crippen LogP contribution in [0.25, 0.3) is 0 Å². The molecule has 0 radical (unpaired) electrons. The van der Waals surface area contributed by atoms with Gasteiger partial charge >= 0.3 is 0 Å². The first-order valence-electron chi connectivity index (χ1n) is 8.76. The summed E-state index contributed by atoms with van der Waals surface area (Å²) in [5.41, 5.74) is 0. The maximum Gasteiger partial charge on any atom is 0.237 e. The summed E-state index contributed by atoms with van der Waals surface area (Å²) in [7, 11) is 0. The van der Waals surface area contributed by atoms with Crippen LogP contribution in [-0.4, -0.2) is 74.1 Å². The highest BCUT2D eigenvalue weighted by molar-refractivity contribution is 5.79. The molecule has 0 unspecified atom stereocenters. The van der Waals surface area contributed by atoms with Gasteiger partial charge in [0.25, 0.3) is 0 Å². The summed E-state index contributed by atoms with van der Waals surface area (Å²) in [6.45, 7) is 8.24. The SMILES string of the molecule is O=C1CN(CCC2CCNCC2)CCN1C1CCNCC1. The van der Waals surface area contributed by atoms with E-state index in [4.69, 9.17) is 0 Å². The van der Waals surface area contributed by atoms with Crippen molar-refractivity contribution in [3.8, 4) is 0 Å². The molecule has 0 saturated carbocycles. The predicted molar refractivity (Wildman–Crippen MR) is 84.3 cm³/mol. The zero-order valence-electron chi connectivity index (χ0n) is 13.1. The molecular formula is C16H30N4O. The van der Waals surface area contributed by atoms with Crippen LogP contribution in [0, 0.1) is 5.92 Å². The van der Waals surface area contributed by atoms with Gasteiger partial charge in [-0.3, -0.25) is 9.69 Å². The lowest BCUT2D eigenvalue weighted by atomic mass is 9.94. The van der Waals surface area contributed by atoms with Crippen LogP contribution in [0.2, 0.25) is 0 Å². The van der Waals surface area contributed by atoms with Gasteiger partial charge in [0, 0.05) is 19.1 Å². The van der Waals surface area contributed by atoms with Crippen molar-refractivity contribution in [2.75, 3.05) is 52.4 Å². The van der Waals surface area contributed by atoms with E-state index in [-0.39, 0.29) is 0 Å². The lowest BCUT2D eigenvalue weighted by Crippen LogP contribution is -2.56. The van der Waals surface area contributed by atoms with Crippen molar-refractivity contribution in [2.24, 2.45) is 5.92 Å². The molecule has 3 heterocycles. The number of carbonyl (C=O) groups is 1. The van der Waals surface area contributed by atoms with Gasteiger partial charge in [-0.15, -0.1) is 0 Å². The number of piperazine rings is 1. The maximum absolute atomic E-state index is 12.4. The quantitative estimate of drug-likeness (QED) is 0.781. The first-order chi connectivity index (χ1) is 10.3. The molecule has 0 spiro atoms. The number of nitrogens with zero attached hydrogens (tertiary/aromatic N) is 2. The van der Waals surface area contributed by atoms with Gasteiger partial charge in [0.15, 0.2) is 0 Å². The molecule has 0 bridgehead atoms. The largest absolute Gasteiger partial charge is 0.337 e. The Morgan fingerprint density at radius 3 is 2.29 bits per heavy atom. The maximum atomic E-state index is 12.4. The summed E-state index contributed by atoms with van der Waals surface area (Å²) in [4.78, 5) is 16.9. The Morgan fingerprint density at radius 1 is 0.952 bits per heavy atom. The topological polar surface area (TPSA) is 47.6 Å². The van der Waals surface area contributed by atoms with E-state index >= 15 is 0 Å². The summed E-state index contributed by atoms with van der Waals surface area (Å²) in [6, 6.07) is 0.491. The van der Waals surface area contributed by atoms with Crippen molar-refractivity contribution in [1.29, 1.82) is 0 Å². The van der Waals surface area contributed by atoms with Crippen LogP contribution in [0.15, 0.2) is 0 Å². The molecule has 120 valence electrons. The number of hydrogen-bond acceptors (Lipinski definition) is 4. The van der Waals surface area contributed by atoms with Gasteiger partial charge in [-0.05, 0) is 70.7 Å². The third-order valence-corrected chi connectivity index (χ3v) is 5.40. The fourth-order valence-electron chi connectivity index (χ4n) is 3.97. The van der Waals surface area contributed by atoms with Gasteiger partial charge < -0.3 is 15.5 Å². The number of rotatable bonds is 4. The summed E-state index contributed by atoms with van der Waals surface area (Å²) in [6.07, 6.45) is 6.13. The Hall–Kier alpha value is -0.650. The fraction of sp³-hybridized carbons (Fsp3) is 0.938. The van der Waals surface area contributed by atoms with Crippen molar-refractivity contribution in [3.05, 3.63) is 0 Å². The third kappa shape index (κ3) is 4.18. The first-order valence-corrected chi connectivity index (χ1v) is 8.76. The standard InChI is InChI=1S/C16H30N4O/c21-16-13-19(10-5-14-1-6-17-7-2-14)11-12-20(16)15-3-8-18-9-4-15/h14-15,17-18H,1-13H2. The second-order valence-corrected chi connectivity index (χ2v) is 6.83. The number of hydrogen-bond donors (Lipinski definition) is 2. The smallest absolute Gasteiger partial charge is 0.237 e. The van der Waals surface area contributed by atoms with Crippen LogP contribution in [0.4, 0.5) is 0 Å². The highest BCUT2D eigenvalue weighted by Gasteiger charge is 2.30. The van der Waals surface area contributed by atoms with Gasteiger partial charge in [0.05, 0.1) is 6.54 Å². The number of amides is 1. The van der Waals surface area contributed by atoms with Crippen LogP contribution >= 0.6 is 0 Å². The van der Waals surface area contributed by atoms with Crippen LogP contribution in [0.5, 0.6) is 0 Å². The molecule has 21 heavy (non-hydrogen) atoms. The van der Waals surface area contributed by atoms with Gasteiger partial charge in [0.2, 0.25) is 5.91 Å². The van der Waals surface area contributed by atoms with E-state index in [0.717, 1.165) is 51.5 Å². The van der Waals surface area contributed by atoms with E-state index in [1.165, 1.54) is 32.4 Å². The normalized spacial score (nSPS) is 27.2.